The van der Waals surface area contributed by atoms with Gasteiger partial charge in [0.1, 0.15) is 13.2 Å². The molecular weight excluding hydrogens is 941 g/mol. The van der Waals surface area contributed by atoms with Gasteiger partial charge in [-0.25, -0.2) is 9.59 Å². The molecule has 0 spiro atoms. The van der Waals surface area contributed by atoms with Crippen LogP contribution < -0.4 is 0 Å². The second kappa shape index (κ2) is 54.7. The number of unbranched alkanes of at least 4 members (excludes halogenated alkanes) is 20. The van der Waals surface area contributed by atoms with Crippen molar-refractivity contribution in [2.75, 3.05) is 91.9 Å². The van der Waals surface area contributed by atoms with E-state index in [2.05, 4.69) is 65.2 Å². The molecule has 0 aromatic carbocycles. The Kier molecular flexibility index (Phi) is 52.8. The summed E-state index contributed by atoms with van der Waals surface area (Å²) in [6, 6.07) is 0. The average Bonchev–Trinajstić information content (AvgIpc) is 3.40. The lowest BCUT2D eigenvalue weighted by molar-refractivity contribution is -0.146. The molecule has 0 N–H and O–H groups in total. The van der Waals surface area contributed by atoms with Crippen molar-refractivity contribution in [1.82, 2.24) is 19.6 Å². The number of ether oxygens (including phenoxy) is 4. The van der Waals surface area contributed by atoms with E-state index in [0.717, 1.165) is 122 Å². The van der Waals surface area contributed by atoms with E-state index in [1.807, 2.05) is 9.80 Å². The summed E-state index contributed by atoms with van der Waals surface area (Å²) in [6.45, 7) is 26.9. The van der Waals surface area contributed by atoms with Crippen LogP contribution in [0.4, 0.5) is 9.59 Å². The lowest BCUT2D eigenvalue weighted by Gasteiger charge is -2.27. The Morgan fingerprint density at radius 3 is 0.947 bits per heavy atom. The second-order valence-electron chi connectivity index (χ2n) is 22.0. The smallest absolute Gasteiger partial charge is 0.409 e. The molecular formula is C63H124N4O8. The van der Waals surface area contributed by atoms with Gasteiger partial charge < -0.3 is 33.6 Å². The number of carbonyl (C=O) groups is 4. The van der Waals surface area contributed by atoms with E-state index in [-0.39, 0.29) is 37.3 Å². The van der Waals surface area contributed by atoms with Gasteiger partial charge in [0.25, 0.3) is 0 Å². The van der Waals surface area contributed by atoms with Gasteiger partial charge in [-0.3, -0.25) is 14.5 Å². The fourth-order valence-electron chi connectivity index (χ4n) is 9.92. The van der Waals surface area contributed by atoms with Crippen LogP contribution in [0.5, 0.6) is 0 Å². The maximum Gasteiger partial charge on any atom is 0.409 e. The molecule has 0 unspecified atom stereocenters. The molecule has 2 amide bonds. The van der Waals surface area contributed by atoms with E-state index in [4.69, 9.17) is 18.9 Å². The SMILES string of the molecule is CCCCCCCN(CCCCCC(=O)OCC(CCCCC)CCCCC)C(=O)OCCN(CCCN(CC)CC)CCOC(=O)N(CCCCCCC)CCCCCC(=O)OCC(CCCCC)CCCCC. The molecule has 0 rings (SSSR count). The highest BCUT2D eigenvalue weighted by Gasteiger charge is 2.19. The Balaban J connectivity index is 5.39. The van der Waals surface area contributed by atoms with Crippen LogP contribution in [-0.4, -0.2) is 136 Å². The normalized spacial score (nSPS) is 11.6. The molecule has 12 nitrogen and oxygen atoms in total. The number of hydrogen-bond donors (Lipinski definition) is 0. The first-order chi connectivity index (χ1) is 36.6. The van der Waals surface area contributed by atoms with Crippen molar-refractivity contribution in [3.05, 3.63) is 0 Å². The van der Waals surface area contributed by atoms with Gasteiger partial charge in [0.15, 0.2) is 0 Å². The minimum absolute atomic E-state index is 0.0961. The molecule has 0 aliphatic carbocycles. The topological polar surface area (TPSA) is 118 Å². The van der Waals surface area contributed by atoms with E-state index in [0.29, 0.717) is 77.2 Å². The van der Waals surface area contributed by atoms with Crippen LogP contribution in [-0.2, 0) is 28.5 Å². The first-order valence-corrected chi connectivity index (χ1v) is 32.2. The zero-order valence-corrected chi connectivity index (χ0v) is 50.9. The number of carbonyl (C=O) groups excluding carboxylic acids is 4. The lowest BCUT2D eigenvalue weighted by Crippen LogP contribution is -2.39. The molecule has 0 bridgehead atoms. The summed E-state index contributed by atoms with van der Waals surface area (Å²) >= 11 is 0. The quantitative estimate of drug-likeness (QED) is 0.0331. The fourth-order valence-corrected chi connectivity index (χ4v) is 9.92. The lowest BCUT2D eigenvalue weighted by atomic mass is 9.96. The third-order valence-corrected chi connectivity index (χ3v) is 15.1. The molecule has 444 valence electrons. The highest BCUT2D eigenvalue weighted by molar-refractivity contribution is 5.70. The minimum Gasteiger partial charge on any atom is -0.465 e. The molecule has 0 saturated carbocycles. The van der Waals surface area contributed by atoms with Crippen molar-refractivity contribution in [3.8, 4) is 0 Å². The standard InChI is InChI=1S/C63H124N4O8/c1-9-17-23-25-35-48-66(50-37-27-33-44-60(68)74-56-58(40-29-19-11-3)41-30-20-12-4)62(70)72-54-52-65(47-39-46-64(15-7)16-8)53-55-73-63(71)67(49-36-26-24-18-10-2)51-38-28-34-45-61(69)75-57-59(42-31-21-13-5)43-32-22-14-6/h58-59H,9-57H2,1-8H3. The van der Waals surface area contributed by atoms with Gasteiger partial charge >= 0.3 is 24.1 Å². The van der Waals surface area contributed by atoms with Crippen molar-refractivity contribution >= 4 is 24.1 Å². The molecule has 0 fully saturated rings. The van der Waals surface area contributed by atoms with Crippen molar-refractivity contribution in [2.45, 2.75) is 280 Å². The van der Waals surface area contributed by atoms with Crippen molar-refractivity contribution < 1.29 is 38.1 Å². The summed E-state index contributed by atoms with van der Waals surface area (Å²) in [5.41, 5.74) is 0. The number of hydrogen-bond acceptors (Lipinski definition) is 10. The van der Waals surface area contributed by atoms with Crippen LogP contribution in [0.15, 0.2) is 0 Å². The Morgan fingerprint density at radius 2 is 0.613 bits per heavy atom. The van der Waals surface area contributed by atoms with Gasteiger partial charge in [0, 0.05) is 52.1 Å². The van der Waals surface area contributed by atoms with Crippen molar-refractivity contribution in [3.63, 3.8) is 0 Å². The largest absolute Gasteiger partial charge is 0.465 e. The zero-order chi connectivity index (χ0) is 55.3. The summed E-state index contributed by atoms with van der Waals surface area (Å²) in [6.07, 6.45) is 36.4. The minimum atomic E-state index is -0.271. The van der Waals surface area contributed by atoms with E-state index in [9.17, 15) is 19.2 Å². The van der Waals surface area contributed by atoms with Crippen LogP contribution >= 0.6 is 0 Å². The summed E-state index contributed by atoms with van der Waals surface area (Å²) in [5.74, 6) is 0.739. The number of nitrogens with zero attached hydrogens (tertiary/aromatic N) is 4. The Bertz CT molecular complexity index is 1180. The van der Waals surface area contributed by atoms with Gasteiger partial charge in [-0.15, -0.1) is 0 Å². The monoisotopic (exact) mass is 1060 g/mol. The van der Waals surface area contributed by atoms with Crippen LogP contribution in [0.2, 0.25) is 0 Å². The van der Waals surface area contributed by atoms with Crippen LogP contribution in [0.25, 0.3) is 0 Å². The first-order valence-electron chi connectivity index (χ1n) is 32.2. The Labute approximate surface area is 464 Å². The van der Waals surface area contributed by atoms with E-state index >= 15 is 0 Å². The molecule has 0 atom stereocenters. The predicted molar refractivity (Wildman–Crippen MR) is 315 cm³/mol. The van der Waals surface area contributed by atoms with E-state index in [1.165, 1.54) is 116 Å². The zero-order valence-electron chi connectivity index (χ0n) is 50.9. The third kappa shape index (κ3) is 45.0. The molecule has 0 aliphatic heterocycles. The van der Waals surface area contributed by atoms with E-state index in [1.54, 1.807) is 0 Å². The predicted octanol–water partition coefficient (Wildman–Crippen LogP) is 16.6. The Morgan fingerprint density at radius 1 is 0.307 bits per heavy atom. The fraction of sp³-hybridized carbons (Fsp3) is 0.937. The maximum absolute atomic E-state index is 13.7. The molecule has 0 radical (unpaired) electrons. The summed E-state index contributed by atoms with van der Waals surface area (Å²) in [4.78, 5) is 61.2. The molecule has 0 aromatic rings. The highest BCUT2D eigenvalue weighted by atomic mass is 16.6. The van der Waals surface area contributed by atoms with Crippen LogP contribution in [0.1, 0.15) is 280 Å². The summed E-state index contributed by atoms with van der Waals surface area (Å²) in [5, 5.41) is 0. The van der Waals surface area contributed by atoms with Crippen LogP contribution in [0, 0.1) is 11.8 Å². The highest BCUT2D eigenvalue weighted by Crippen LogP contribution is 2.21. The van der Waals surface area contributed by atoms with Crippen LogP contribution in [0.3, 0.4) is 0 Å². The van der Waals surface area contributed by atoms with Gasteiger partial charge in [-0.05, 0) is 109 Å². The summed E-state index contributed by atoms with van der Waals surface area (Å²) in [7, 11) is 0. The van der Waals surface area contributed by atoms with Gasteiger partial charge in [-0.1, -0.05) is 197 Å². The molecule has 0 saturated heterocycles. The van der Waals surface area contributed by atoms with Gasteiger partial charge in [0.2, 0.25) is 0 Å². The van der Waals surface area contributed by atoms with Gasteiger partial charge in [-0.2, -0.15) is 0 Å². The Hall–Kier alpha value is -2.60. The number of esters is 2. The maximum atomic E-state index is 13.7. The molecule has 0 aromatic heterocycles. The average molecular weight is 1070 g/mol. The molecule has 0 heterocycles. The van der Waals surface area contributed by atoms with Crippen molar-refractivity contribution in [2.24, 2.45) is 11.8 Å². The van der Waals surface area contributed by atoms with Gasteiger partial charge in [0.05, 0.1) is 13.2 Å². The molecule has 12 heteroatoms. The number of rotatable bonds is 56. The molecule has 75 heavy (non-hydrogen) atoms. The second-order valence-corrected chi connectivity index (χ2v) is 22.0. The van der Waals surface area contributed by atoms with E-state index < -0.39 is 0 Å². The third-order valence-electron chi connectivity index (χ3n) is 15.1. The number of amides is 2. The van der Waals surface area contributed by atoms with Crippen molar-refractivity contribution in [1.29, 1.82) is 0 Å². The summed E-state index contributed by atoms with van der Waals surface area (Å²) < 4.78 is 23.6. The molecule has 0 aliphatic rings. The first kappa shape index (κ1) is 72.4.